The first-order valence-corrected chi connectivity index (χ1v) is 9.72. The zero-order valence-electron chi connectivity index (χ0n) is 16.9. The molecule has 0 aromatic heterocycles. The van der Waals surface area contributed by atoms with Crippen LogP contribution in [0.25, 0.3) is 0 Å². The molecular weight excluding hydrogens is 402 g/mol. The van der Waals surface area contributed by atoms with Gasteiger partial charge in [-0.3, -0.25) is 19.2 Å². The lowest BCUT2D eigenvalue weighted by atomic mass is 9.95. The molecule has 2 fully saturated rings. The van der Waals surface area contributed by atoms with Crippen LogP contribution in [0.2, 0.25) is 0 Å². The number of ketones is 1. The molecule has 2 aliphatic rings. The molecule has 0 radical (unpaired) electrons. The van der Waals surface area contributed by atoms with Gasteiger partial charge < -0.3 is 21.1 Å². The minimum atomic E-state index is -1.42. The number of nitrogens with two attached hydrogens (primary N) is 1. The molecule has 2 saturated carbocycles. The zero-order chi connectivity index (χ0) is 23.1. The second-order valence-electron chi connectivity index (χ2n) is 7.58. The van der Waals surface area contributed by atoms with E-state index in [1.165, 1.54) is 0 Å². The fraction of sp³-hybridized carbons (Fsp3) is 0.304. The maximum atomic E-state index is 11.8. The van der Waals surface area contributed by atoms with Gasteiger partial charge in [0, 0.05) is 12.1 Å². The molecule has 4 rings (SSSR count). The normalized spacial score (nSPS) is 16.3. The SMILES string of the molecule is Nc1ccccc1.O=C(O)C1(C(=O)Cc2ccccc2)CC1.O=C(O)C1(C(=O)O)CC1. The van der Waals surface area contributed by atoms with Crippen LogP contribution in [0.1, 0.15) is 31.2 Å². The van der Waals surface area contributed by atoms with E-state index < -0.39 is 28.7 Å². The van der Waals surface area contributed by atoms with Crippen molar-refractivity contribution >= 4 is 29.4 Å². The van der Waals surface area contributed by atoms with Gasteiger partial charge in [-0.15, -0.1) is 0 Å². The standard InChI is InChI=1S/C12H12O3.C6H7N.C5H6O4/c13-10(12(6-7-12)11(14)15)8-9-4-2-1-3-5-9;7-6-4-2-1-3-5-6;6-3(7)5(1-2-5)4(8)9/h1-5H,6-8H2,(H,14,15);1-5H,7H2;1-2H2,(H,6,7)(H,8,9). The Morgan fingerprint density at radius 3 is 1.32 bits per heavy atom. The summed E-state index contributed by atoms with van der Waals surface area (Å²) >= 11 is 0. The molecule has 0 saturated heterocycles. The lowest BCUT2D eigenvalue weighted by Gasteiger charge is -2.07. The molecule has 0 bridgehead atoms. The summed E-state index contributed by atoms with van der Waals surface area (Å²) in [6.45, 7) is 0. The molecule has 8 heteroatoms. The van der Waals surface area contributed by atoms with Gasteiger partial charge in [0.25, 0.3) is 0 Å². The van der Waals surface area contributed by atoms with Gasteiger partial charge in [-0.2, -0.15) is 0 Å². The molecule has 0 heterocycles. The van der Waals surface area contributed by atoms with E-state index in [4.69, 9.17) is 21.1 Å². The van der Waals surface area contributed by atoms with Crippen molar-refractivity contribution in [2.45, 2.75) is 32.1 Å². The number of carboxylic acids is 3. The molecule has 2 aromatic rings. The lowest BCUT2D eigenvalue weighted by Crippen LogP contribution is -2.26. The first-order chi connectivity index (χ1) is 14.6. The number of para-hydroxylation sites is 1. The Balaban J connectivity index is 0.000000181. The van der Waals surface area contributed by atoms with Crippen molar-refractivity contribution in [3.05, 3.63) is 66.2 Å². The predicted molar refractivity (Wildman–Crippen MR) is 112 cm³/mol. The topological polar surface area (TPSA) is 155 Å². The van der Waals surface area contributed by atoms with Crippen LogP contribution < -0.4 is 5.73 Å². The smallest absolute Gasteiger partial charge is 0.321 e. The molecule has 2 aromatic carbocycles. The van der Waals surface area contributed by atoms with E-state index in [1.807, 2.05) is 60.7 Å². The number of Topliss-reactive ketones (excluding diaryl/α,β-unsaturated/α-hetero) is 1. The van der Waals surface area contributed by atoms with E-state index in [2.05, 4.69) is 0 Å². The second kappa shape index (κ2) is 9.88. The molecule has 164 valence electrons. The molecular formula is C23H25NO7. The molecule has 0 spiro atoms. The van der Waals surface area contributed by atoms with Gasteiger partial charge in [-0.25, -0.2) is 0 Å². The number of carbonyl (C=O) groups is 4. The van der Waals surface area contributed by atoms with E-state index in [-0.39, 0.29) is 25.0 Å². The Bertz CT molecular complexity index is 917. The lowest BCUT2D eigenvalue weighted by molar-refractivity contribution is -0.157. The fourth-order valence-corrected chi connectivity index (χ4v) is 2.78. The Kier molecular flexibility index (Phi) is 7.52. The quantitative estimate of drug-likeness (QED) is 0.405. The largest absolute Gasteiger partial charge is 0.480 e. The van der Waals surface area contributed by atoms with Crippen LogP contribution in [0, 0.1) is 10.8 Å². The van der Waals surface area contributed by atoms with E-state index in [0.29, 0.717) is 12.8 Å². The average molecular weight is 427 g/mol. The van der Waals surface area contributed by atoms with Crippen LogP contribution in [-0.4, -0.2) is 39.0 Å². The van der Waals surface area contributed by atoms with Crippen LogP contribution in [0.4, 0.5) is 5.69 Å². The van der Waals surface area contributed by atoms with E-state index in [9.17, 15) is 19.2 Å². The van der Waals surface area contributed by atoms with Gasteiger partial charge in [0.1, 0.15) is 5.41 Å². The number of nitrogen functional groups attached to an aromatic ring is 1. The minimum Gasteiger partial charge on any atom is -0.480 e. The van der Waals surface area contributed by atoms with Gasteiger partial charge in [0.2, 0.25) is 0 Å². The molecule has 8 nitrogen and oxygen atoms in total. The minimum absolute atomic E-state index is 0.166. The summed E-state index contributed by atoms with van der Waals surface area (Å²) in [5, 5.41) is 25.5. The van der Waals surface area contributed by atoms with Gasteiger partial charge in [-0.05, 0) is 43.4 Å². The van der Waals surface area contributed by atoms with E-state index in [0.717, 1.165) is 11.3 Å². The Labute approximate surface area is 179 Å². The number of carboxylic acid groups (broad SMARTS) is 3. The van der Waals surface area contributed by atoms with Gasteiger partial charge >= 0.3 is 17.9 Å². The monoisotopic (exact) mass is 427 g/mol. The molecule has 0 atom stereocenters. The van der Waals surface area contributed by atoms with Crippen molar-refractivity contribution in [1.82, 2.24) is 0 Å². The number of hydrogen-bond acceptors (Lipinski definition) is 5. The third-order valence-corrected chi connectivity index (χ3v) is 5.27. The van der Waals surface area contributed by atoms with Crippen molar-refractivity contribution in [3.8, 4) is 0 Å². The average Bonchev–Trinajstić information content (AvgIpc) is 3.64. The second-order valence-corrected chi connectivity index (χ2v) is 7.58. The number of hydrogen-bond donors (Lipinski definition) is 4. The first-order valence-electron chi connectivity index (χ1n) is 9.72. The van der Waals surface area contributed by atoms with E-state index in [1.54, 1.807) is 0 Å². The maximum Gasteiger partial charge on any atom is 0.321 e. The van der Waals surface area contributed by atoms with Crippen LogP contribution >= 0.6 is 0 Å². The molecule has 5 N–H and O–H groups in total. The van der Waals surface area contributed by atoms with Crippen LogP contribution in [0.15, 0.2) is 60.7 Å². The van der Waals surface area contributed by atoms with Crippen LogP contribution in [0.5, 0.6) is 0 Å². The van der Waals surface area contributed by atoms with Gasteiger partial charge in [0.15, 0.2) is 11.2 Å². The van der Waals surface area contributed by atoms with E-state index >= 15 is 0 Å². The molecule has 0 amide bonds. The van der Waals surface area contributed by atoms with Crippen molar-refractivity contribution < 1.29 is 34.5 Å². The molecule has 0 unspecified atom stereocenters. The number of rotatable bonds is 6. The van der Waals surface area contributed by atoms with Crippen LogP contribution in [0.3, 0.4) is 0 Å². The van der Waals surface area contributed by atoms with Gasteiger partial charge in [-0.1, -0.05) is 48.5 Å². The van der Waals surface area contributed by atoms with Crippen molar-refractivity contribution in [1.29, 1.82) is 0 Å². The van der Waals surface area contributed by atoms with Gasteiger partial charge in [0.05, 0.1) is 0 Å². The highest BCUT2D eigenvalue weighted by molar-refractivity contribution is 6.06. The van der Waals surface area contributed by atoms with Crippen molar-refractivity contribution in [3.63, 3.8) is 0 Å². The maximum absolute atomic E-state index is 11.8. The molecule has 31 heavy (non-hydrogen) atoms. The molecule has 2 aliphatic carbocycles. The van der Waals surface area contributed by atoms with Crippen LogP contribution in [-0.2, 0) is 25.6 Å². The van der Waals surface area contributed by atoms with Crippen molar-refractivity contribution in [2.75, 3.05) is 5.73 Å². The summed E-state index contributed by atoms with van der Waals surface area (Å²) in [4.78, 5) is 42.9. The number of aliphatic carboxylic acids is 3. The summed E-state index contributed by atoms with van der Waals surface area (Å²) in [7, 11) is 0. The Morgan fingerprint density at radius 1 is 0.677 bits per heavy atom. The highest BCUT2D eigenvalue weighted by Gasteiger charge is 2.57. The number of carbonyl (C=O) groups excluding carboxylic acids is 1. The third-order valence-electron chi connectivity index (χ3n) is 5.27. The highest BCUT2D eigenvalue weighted by atomic mass is 16.4. The summed E-state index contributed by atoms with van der Waals surface area (Å²) < 4.78 is 0. The predicted octanol–water partition coefficient (Wildman–Crippen LogP) is 2.87. The Hall–Kier alpha value is -3.68. The molecule has 0 aliphatic heterocycles. The Morgan fingerprint density at radius 2 is 1.06 bits per heavy atom. The number of anilines is 1. The first kappa shape index (κ1) is 23.6. The summed E-state index contributed by atoms with van der Waals surface area (Å²) in [5.74, 6) is -3.56. The fourth-order valence-electron chi connectivity index (χ4n) is 2.78. The summed E-state index contributed by atoms with van der Waals surface area (Å²) in [5.41, 5.74) is 4.59. The summed E-state index contributed by atoms with van der Waals surface area (Å²) in [6, 6.07) is 18.7. The van der Waals surface area contributed by atoms with Crippen molar-refractivity contribution in [2.24, 2.45) is 10.8 Å². The summed E-state index contributed by atoms with van der Waals surface area (Å²) in [6.07, 6.45) is 1.77. The zero-order valence-corrected chi connectivity index (χ0v) is 16.9. The number of benzene rings is 2. The highest BCUT2D eigenvalue weighted by Crippen LogP contribution is 2.47. The third kappa shape index (κ3) is 6.15.